The molecule has 9 heteroatoms. The van der Waals surface area contributed by atoms with Gasteiger partial charge in [0.15, 0.2) is 0 Å². The highest BCUT2D eigenvalue weighted by molar-refractivity contribution is 6.09. The summed E-state index contributed by atoms with van der Waals surface area (Å²) in [6.45, 7) is 4.62. The Balaban J connectivity index is 1.39. The topological polar surface area (TPSA) is 93.8 Å². The van der Waals surface area contributed by atoms with Crippen LogP contribution >= 0.6 is 0 Å². The molecular formula is C22H26FN5O3. The number of hydrogen-bond donors (Lipinski definition) is 3. The van der Waals surface area contributed by atoms with Crippen LogP contribution < -0.4 is 20.9 Å². The molecule has 4 amide bonds. The summed E-state index contributed by atoms with van der Waals surface area (Å²) < 4.78 is 13.6. The third-order valence-corrected chi connectivity index (χ3v) is 6.15. The number of nitrogens with one attached hydrogen (secondary N) is 3. The molecule has 0 aromatic heterocycles. The highest BCUT2D eigenvalue weighted by Gasteiger charge is 2.49. The highest BCUT2D eigenvalue weighted by Crippen LogP contribution is 2.28. The fourth-order valence-electron chi connectivity index (χ4n) is 4.38. The Kier molecular flexibility index (Phi) is 5.67. The van der Waals surface area contributed by atoms with E-state index in [1.807, 2.05) is 6.92 Å². The standard InChI is InChI=1S/C22H26FN5O3/c1-15-4-5-17(23)13-18(15)27-9-11-28(12-10-27)19(29)6-7-22(16-3-2-8-24-14-16)20(30)25-21(31)26-22/h2-5,8,13,24H,6-7,9-12,14H2,1H3,(H2,25,26,30,31). The number of amides is 4. The Morgan fingerprint density at radius 2 is 1.97 bits per heavy atom. The van der Waals surface area contributed by atoms with E-state index in [9.17, 15) is 18.8 Å². The van der Waals surface area contributed by atoms with Crippen molar-refractivity contribution in [1.29, 1.82) is 0 Å². The molecule has 31 heavy (non-hydrogen) atoms. The fraction of sp³-hybridized carbons (Fsp3) is 0.409. The number of piperazine rings is 1. The van der Waals surface area contributed by atoms with Gasteiger partial charge in [0.05, 0.1) is 0 Å². The lowest BCUT2D eigenvalue weighted by atomic mass is 9.83. The predicted octanol–water partition coefficient (Wildman–Crippen LogP) is 1.18. The van der Waals surface area contributed by atoms with Crippen molar-refractivity contribution in [3.05, 3.63) is 53.5 Å². The minimum absolute atomic E-state index is 0.0659. The molecule has 3 aliphatic heterocycles. The number of benzene rings is 1. The summed E-state index contributed by atoms with van der Waals surface area (Å²) in [5.74, 6) is -0.772. The molecule has 2 fully saturated rings. The van der Waals surface area contributed by atoms with Gasteiger partial charge in [0.1, 0.15) is 11.4 Å². The number of anilines is 1. The van der Waals surface area contributed by atoms with E-state index >= 15 is 0 Å². The number of carbonyl (C=O) groups excluding carboxylic acids is 3. The Hall–Kier alpha value is -3.36. The van der Waals surface area contributed by atoms with Crippen LogP contribution in [0.1, 0.15) is 18.4 Å². The average Bonchev–Trinajstić information content (AvgIpc) is 3.08. The number of aryl methyl sites for hydroxylation is 1. The third kappa shape index (κ3) is 4.12. The lowest BCUT2D eigenvalue weighted by Gasteiger charge is -2.37. The second kappa shape index (κ2) is 8.41. The maximum absolute atomic E-state index is 13.6. The minimum atomic E-state index is -1.22. The maximum Gasteiger partial charge on any atom is 0.322 e. The van der Waals surface area contributed by atoms with Gasteiger partial charge in [-0.1, -0.05) is 12.1 Å². The van der Waals surface area contributed by atoms with Crippen molar-refractivity contribution in [2.45, 2.75) is 25.3 Å². The van der Waals surface area contributed by atoms with Crippen molar-refractivity contribution in [2.24, 2.45) is 0 Å². The highest BCUT2D eigenvalue weighted by atomic mass is 19.1. The second-order valence-electron chi connectivity index (χ2n) is 8.04. The van der Waals surface area contributed by atoms with Crippen LogP contribution in [0.3, 0.4) is 0 Å². The number of rotatable bonds is 5. The van der Waals surface area contributed by atoms with E-state index < -0.39 is 17.5 Å². The minimum Gasteiger partial charge on any atom is -0.387 e. The molecule has 3 N–H and O–H groups in total. The van der Waals surface area contributed by atoms with E-state index in [2.05, 4.69) is 20.9 Å². The Labute approximate surface area is 180 Å². The van der Waals surface area contributed by atoms with Gasteiger partial charge in [0, 0.05) is 44.8 Å². The number of halogens is 1. The normalized spacial score (nSPS) is 23.2. The second-order valence-corrected chi connectivity index (χ2v) is 8.04. The van der Waals surface area contributed by atoms with Crippen LogP contribution in [0.2, 0.25) is 0 Å². The molecule has 1 aromatic carbocycles. The molecule has 1 unspecified atom stereocenters. The van der Waals surface area contributed by atoms with Gasteiger partial charge in [-0.3, -0.25) is 14.9 Å². The number of dihydropyridines is 1. The van der Waals surface area contributed by atoms with E-state index in [-0.39, 0.29) is 24.6 Å². The summed E-state index contributed by atoms with van der Waals surface area (Å²) in [4.78, 5) is 41.2. The Morgan fingerprint density at radius 3 is 2.61 bits per heavy atom. The first-order chi connectivity index (χ1) is 14.9. The van der Waals surface area contributed by atoms with E-state index in [4.69, 9.17) is 0 Å². The van der Waals surface area contributed by atoms with Crippen LogP contribution in [0, 0.1) is 12.7 Å². The van der Waals surface area contributed by atoms with Crippen LogP contribution in [-0.2, 0) is 9.59 Å². The first kappa shape index (κ1) is 20.9. The molecule has 3 aliphatic rings. The Morgan fingerprint density at radius 1 is 1.19 bits per heavy atom. The lowest BCUT2D eigenvalue weighted by molar-refractivity contribution is -0.132. The van der Waals surface area contributed by atoms with Gasteiger partial charge >= 0.3 is 6.03 Å². The average molecular weight is 427 g/mol. The number of imide groups is 1. The van der Waals surface area contributed by atoms with Crippen LogP contribution in [0.25, 0.3) is 0 Å². The van der Waals surface area contributed by atoms with Crippen molar-refractivity contribution < 1.29 is 18.8 Å². The van der Waals surface area contributed by atoms with E-state index in [1.165, 1.54) is 12.1 Å². The van der Waals surface area contributed by atoms with Gasteiger partial charge < -0.3 is 20.4 Å². The largest absolute Gasteiger partial charge is 0.387 e. The van der Waals surface area contributed by atoms with E-state index in [1.54, 1.807) is 29.3 Å². The number of nitrogens with zero attached hydrogens (tertiary/aromatic N) is 2. The number of urea groups is 1. The molecule has 2 saturated heterocycles. The first-order valence-electron chi connectivity index (χ1n) is 10.4. The molecule has 1 atom stereocenters. The zero-order valence-electron chi connectivity index (χ0n) is 17.4. The molecule has 8 nitrogen and oxygen atoms in total. The first-order valence-corrected chi connectivity index (χ1v) is 10.4. The molecule has 4 rings (SSSR count). The lowest BCUT2D eigenvalue weighted by Crippen LogP contribution is -2.53. The quantitative estimate of drug-likeness (QED) is 0.614. The zero-order valence-corrected chi connectivity index (χ0v) is 17.4. The molecule has 1 aromatic rings. The summed E-state index contributed by atoms with van der Waals surface area (Å²) in [5.41, 5.74) is 1.35. The molecular weight excluding hydrogens is 401 g/mol. The van der Waals surface area contributed by atoms with E-state index in [0.717, 1.165) is 16.8 Å². The number of hydrogen-bond acceptors (Lipinski definition) is 5. The van der Waals surface area contributed by atoms with Gasteiger partial charge in [-0.15, -0.1) is 0 Å². The van der Waals surface area contributed by atoms with Crippen LogP contribution in [-0.4, -0.2) is 61.0 Å². The van der Waals surface area contributed by atoms with Crippen molar-refractivity contribution >= 4 is 23.5 Å². The summed E-state index contributed by atoms with van der Waals surface area (Å²) >= 11 is 0. The van der Waals surface area contributed by atoms with Crippen molar-refractivity contribution in [3.63, 3.8) is 0 Å². The van der Waals surface area contributed by atoms with Gasteiger partial charge in [0.25, 0.3) is 5.91 Å². The maximum atomic E-state index is 13.6. The van der Waals surface area contributed by atoms with Gasteiger partial charge in [0.2, 0.25) is 5.91 Å². The van der Waals surface area contributed by atoms with Crippen molar-refractivity contribution in [3.8, 4) is 0 Å². The molecule has 164 valence electrons. The summed E-state index contributed by atoms with van der Waals surface area (Å²) in [6.07, 6.45) is 5.65. The fourth-order valence-corrected chi connectivity index (χ4v) is 4.38. The van der Waals surface area contributed by atoms with Gasteiger partial charge in [-0.25, -0.2) is 9.18 Å². The smallest absolute Gasteiger partial charge is 0.322 e. The molecule has 0 bridgehead atoms. The molecule has 0 radical (unpaired) electrons. The van der Waals surface area contributed by atoms with Gasteiger partial charge in [-0.05, 0) is 48.9 Å². The summed E-state index contributed by atoms with van der Waals surface area (Å²) in [5, 5.41) is 8.07. The molecule has 3 heterocycles. The zero-order chi connectivity index (χ0) is 22.0. The third-order valence-electron chi connectivity index (χ3n) is 6.15. The monoisotopic (exact) mass is 427 g/mol. The van der Waals surface area contributed by atoms with Crippen LogP contribution in [0.15, 0.2) is 42.1 Å². The summed E-state index contributed by atoms with van der Waals surface area (Å²) in [6, 6.07) is 4.18. The Bertz CT molecular complexity index is 968. The predicted molar refractivity (Wildman–Crippen MR) is 114 cm³/mol. The van der Waals surface area contributed by atoms with Gasteiger partial charge in [-0.2, -0.15) is 0 Å². The van der Waals surface area contributed by atoms with Crippen LogP contribution in [0.4, 0.5) is 14.9 Å². The SMILES string of the molecule is Cc1ccc(F)cc1N1CCN(C(=O)CCC2(C3=CC=CNC3)NC(=O)NC2=O)CC1. The van der Waals surface area contributed by atoms with Crippen molar-refractivity contribution in [2.75, 3.05) is 37.6 Å². The number of carbonyl (C=O) groups is 3. The summed E-state index contributed by atoms with van der Waals surface area (Å²) in [7, 11) is 0. The van der Waals surface area contributed by atoms with Crippen molar-refractivity contribution in [1.82, 2.24) is 20.9 Å². The van der Waals surface area contributed by atoms with E-state index in [0.29, 0.717) is 32.7 Å². The van der Waals surface area contributed by atoms with Crippen LogP contribution in [0.5, 0.6) is 0 Å². The molecule has 0 saturated carbocycles. The molecule has 0 spiro atoms. The number of allylic oxidation sites excluding steroid dienone is 2. The molecule has 0 aliphatic carbocycles.